The van der Waals surface area contributed by atoms with Crippen LogP contribution in [0.3, 0.4) is 0 Å². The third kappa shape index (κ3) is 2.27. The second-order valence-electron chi connectivity index (χ2n) is 4.07. The van der Waals surface area contributed by atoms with Crippen LogP contribution in [0, 0.1) is 5.41 Å². The Hall–Kier alpha value is -1.14. The number of nitrogens with one attached hydrogen (secondary N) is 1. The summed E-state index contributed by atoms with van der Waals surface area (Å²) in [7, 11) is 0. The van der Waals surface area contributed by atoms with E-state index in [2.05, 4.69) is 5.32 Å². The molecule has 6 heteroatoms. The van der Waals surface area contributed by atoms with Crippen LogP contribution in [-0.2, 0) is 14.3 Å². The highest BCUT2D eigenvalue weighted by atomic mass is 16.5. The summed E-state index contributed by atoms with van der Waals surface area (Å²) in [6, 6.07) is -1.30. The summed E-state index contributed by atoms with van der Waals surface area (Å²) < 4.78 is 5.10. The Morgan fingerprint density at radius 2 is 2.27 bits per heavy atom. The lowest BCUT2D eigenvalue weighted by atomic mass is 9.84. The van der Waals surface area contributed by atoms with E-state index in [-0.39, 0.29) is 12.5 Å². The summed E-state index contributed by atoms with van der Waals surface area (Å²) in [5.74, 6) is -1.44. The van der Waals surface area contributed by atoms with Crippen LogP contribution in [0.1, 0.15) is 13.8 Å². The molecular formula is C9H16N2O4. The van der Waals surface area contributed by atoms with Crippen molar-refractivity contribution in [2.75, 3.05) is 13.2 Å². The highest BCUT2D eigenvalue weighted by molar-refractivity contribution is 5.87. The summed E-state index contributed by atoms with van der Waals surface area (Å²) in [6.45, 7) is 3.64. The molecule has 0 bridgehead atoms. The van der Waals surface area contributed by atoms with E-state index in [0.717, 1.165) is 0 Å². The number of hydrogen-bond donors (Lipinski definition) is 3. The molecule has 1 amide bonds. The fourth-order valence-electron chi connectivity index (χ4n) is 1.35. The fraction of sp³-hybridized carbons (Fsp3) is 0.778. The van der Waals surface area contributed by atoms with Gasteiger partial charge in [-0.25, -0.2) is 0 Å². The van der Waals surface area contributed by atoms with E-state index in [9.17, 15) is 9.59 Å². The lowest BCUT2D eigenvalue weighted by Gasteiger charge is -2.26. The number of aliphatic carboxylic acids is 1. The normalized spacial score (nSPS) is 32.3. The number of rotatable bonds is 3. The first-order valence-corrected chi connectivity index (χ1v) is 4.75. The van der Waals surface area contributed by atoms with Crippen molar-refractivity contribution in [2.24, 2.45) is 11.1 Å². The van der Waals surface area contributed by atoms with E-state index >= 15 is 0 Å². The van der Waals surface area contributed by atoms with Gasteiger partial charge in [0, 0.05) is 6.04 Å². The van der Waals surface area contributed by atoms with E-state index in [1.54, 1.807) is 6.92 Å². The molecule has 2 unspecified atom stereocenters. The molecule has 1 fully saturated rings. The Morgan fingerprint density at radius 1 is 1.67 bits per heavy atom. The molecule has 0 aromatic carbocycles. The van der Waals surface area contributed by atoms with Gasteiger partial charge in [0.2, 0.25) is 5.91 Å². The predicted molar refractivity (Wildman–Crippen MR) is 52.1 cm³/mol. The molecule has 0 spiro atoms. The van der Waals surface area contributed by atoms with Gasteiger partial charge in [-0.15, -0.1) is 0 Å². The highest BCUT2D eigenvalue weighted by Gasteiger charge is 2.44. The van der Waals surface area contributed by atoms with Crippen molar-refractivity contribution in [2.45, 2.75) is 25.9 Å². The zero-order chi connectivity index (χ0) is 11.6. The van der Waals surface area contributed by atoms with Gasteiger partial charge in [-0.05, 0) is 13.8 Å². The Kier molecular flexibility index (Phi) is 3.31. The quantitative estimate of drug-likeness (QED) is 0.558. The summed E-state index contributed by atoms with van der Waals surface area (Å²) in [5, 5.41) is 11.0. The van der Waals surface area contributed by atoms with Crippen LogP contribution < -0.4 is 11.1 Å². The van der Waals surface area contributed by atoms with Crippen molar-refractivity contribution in [3.8, 4) is 0 Å². The molecule has 6 nitrogen and oxygen atoms in total. The largest absolute Gasteiger partial charge is 0.480 e. The molecule has 3 atom stereocenters. The van der Waals surface area contributed by atoms with Crippen LogP contribution in [-0.4, -0.2) is 42.3 Å². The number of carboxylic acids is 1. The second-order valence-corrected chi connectivity index (χ2v) is 4.07. The van der Waals surface area contributed by atoms with Crippen LogP contribution >= 0.6 is 0 Å². The lowest BCUT2D eigenvalue weighted by molar-refractivity contribution is -0.143. The molecule has 86 valence electrons. The molecular weight excluding hydrogens is 200 g/mol. The van der Waals surface area contributed by atoms with Crippen molar-refractivity contribution >= 4 is 11.9 Å². The molecule has 1 rings (SSSR count). The van der Waals surface area contributed by atoms with Crippen molar-refractivity contribution < 1.29 is 19.4 Å². The van der Waals surface area contributed by atoms with E-state index in [1.165, 1.54) is 6.92 Å². The van der Waals surface area contributed by atoms with E-state index < -0.39 is 23.5 Å². The van der Waals surface area contributed by atoms with Crippen LogP contribution in [0.4, 0.5) is 0 Å². The molecule has 0 aromatic rings. The zero-order valence-electron chi connectivity index (χ0n) is 8.82. The van der Waals surface area contributed by atoms with Gasteiger partial charge in [0.15, 0.2) is 0 Å². The van der Waals surface area contributed by atoms with Crippen LogP contribution in [0.5, 0.6) is 0 Å². The molecule has 15 heavy (non-hydrogen) atoms. The maximum atomic E-state index is 11.8. The second kappa shape index (κ2) is 4.16. The number of carbonyl (C=O) groups excluding carboxylic acids is 1. The first kappa shape index (κ1) is 11.9. The number of amides is 1. The maximum absolute atomic E-state index is 11.8. The SMILES string of the molecule is C[C@H](NC(=O)C1(C)COCC1N)C(=O)O. The van der Waals surface area contributed by atoms with Gasteiger partial charge in [0.05, 0.1) is 18.6 Å². The Morgan fingerprint density at radius 3 is 2.67 bits per heavy atom. The fourth-order valence-corrected chi connectivity index (χ4v) is 1.35. The van der Waals surface area contributed by atoms with Gasteiger partial charge in [-0.2, -0.15) is 0 Å². The molecule has 0 saturated carbocycles. The first-order chi connectivity index (χ1) is 6.88. The smallest absolute Gasteiger partial charge is 0.325 e. The minimum atomic E-state index is -1.07. The van der Waals surface area contributed by atoms with Gasteiger partial charge in [0.25, 0.3) is 0 Å². The van der Waals surface area contributed by atoms with E-state index in [4.69, 9.17) is 15.6 Å². The van der Waals surface area contributed by atoms with Crippen LogP contribution in [0.25, 0.3) is 0 Å². The van der Waals surface area contributed by atoms with Crippen LogP contribution in [0.2, 0.25) is 0 Å². The summed E-state index contributed by atoms with van der Waals surface area (Å²) in [4.78, 5) is 22.3. The Bertz CT molecular complexity index is 281. The molecule has 0 radical (unpaired) electrons. The minimum absolute atomic E-state index is 0.229. The van der Waals surface area contributed by atoms with E-state index in [0.29, 0.717) is 6.61 Å². The number of hydrogen-bond acceptors (Lipinski definition) is 4. The molecule has 1 aliphatic heterocycles. The Balaban J connectivity index is 2.64. The minimum Gasteiger partial charge on any atom is -0.480 e. The summed E-state index contributed by atoms with van der Waals surface area (Å²) >= 11 is 0. The average Bonchev–Trinajstić information content (AvgIpc) is 2.48. The zero-order valence-corrected chi connectivity index (χ0v) is 8.82. The number of carbonyl (C=O) groups is 2. The van der Waals surface area contributed by atoms with E-state index in [1.807, 2.05) is 0 Å². The average molecular weight is 216 g/mol. The number of ether oxygens (including phenoxy) is 1. The maximum Gasteiger partial charge on any atom is 0.325 e. The summed E-state index contributed by atoms with van der Waals surface area (Å²) in [5.41, 5.74) is 4.90. The molecule has 0 aromatic heterocycles. The molecule has 0 aliphatic carbocycles. The van der Waals surface area contributed by atoms with Gasteiger partial charge in [0.1, 0.15) is 6.04 Å². The first-order valence-electron chi connectivity index (χ1n) is 4.75. The number of nitrogens with two attached hydrogens (primary N) is 1. The van der Waals surface area contributed by atoms with Gasteiger partial charge in [-0.1, -0.05) is 0 Å². The van der Waals surface area contributed by atoms with Gasteiger partial charge < -0.3 is 20.9 Å². The molecule has 1 heterocycles. The number of carboxylic acid groups (broad SMARTS) is 1. The topological polar surface area (TPSA) is 102 Å². The predicted octanol–water partition coefficient (Wildman–Crippen LogP) is -1.06. The molecule has 4 N–H and O–H groups in total. The Labute approximate surface area is 87.8 Å². The van der Waals surface area contributed by atoms with Gasteiger partial charge >= 0.3 is 5.97 Å². The highest BCUT2D eigenvalue weighted by Crippen LogP contribution is 2.27. The third-order valence-corrected chi connectivity index (χ3v) is 2.75. The van der Waals surface area contributed by atoms with Crippen molar-refractivity contribution in [1.82, 2.24) is 5.32 Å². The summed E-state index contributed by atoms with van der Waals surface area (Å²) in [6.07, 6.45) is 0. The van der Waals surface area contributed by atoms with Gasteiger partial charge in [-0.3, -0.25) is 9.59 Å². The monoisotopic (exact) mass is 216 g/mol. The molecule has 1 aliphatic rings. The molecule has 1 saturated heterocycles. The lowest BCUT2D eigenvalue weighted by Crippen LogP contribution is -2.53. The standard InChI is InChI=1S/C9H16N2O4/c1-5(7(12)13)11-8(14)9(2)4-15-3-6(9)10/h5-6H,3-4,10H2,1-2H3,(H,11,14)(H,12,13)/t5-,6?,9?/m0/s1. The van der Waals surface area contributed by atoms with Crippen molar-refractivity contribution in [3.05, 3.63) is 0 Å². The third-order valence-electron chi connectivity index (χ3n) is 2.75. The van der Waals surface area contributed by atoms with Crippen LogP contribution in [0.15, 0.2) is 0 Å². The van der Waals surface area contributed by atoms with Crippen molar-refractivity contribution in [3.63, 3.8) is 0 Å². The van der Waals surface area contributed by atoms with Crippen molar-refractivity contribution in [1.29, 1.82) is 0 Å².